The third kappa shape index (κ3) is 3.69. The lowest BCUT2D eigenvalue weighted by molar-refractivity contribution is -0.731. The first kappa shape index (κ1) is 16.1. The van der Waals surface area contributed by atoms with Crippen molar-refractivity contribution in [3.05, 3.63) is 62.6 Å². The molecular formula is C13H11Cl2N3O4. The Morgan fingerprint density at radius 3 is 2.77 bits per heavy atom. The van der Waals surface area contributed by atoms with Crippen LogP contribution in [0.5, 0.6) is 0 Å². The fourth-order valence-electron chi connectivity index (χ4n) is 1.73. The van der Waals surface area contributed by atoms with Gasteiger partial charge in [-0.3, -0.25) is 9.40 Å². The van der Waals surface area contributed by atoms with Crippen molar-refractivity contribution in [2.24, 2.45) is 0 Å². The molecule has 0 bridgehead atoms. The first-order valence-corrected chi connectivity index (χ1v) is 6.91. The van der Waals surface area contributed by atoms with Crippen LogP contribution in [-0.4, -0.2) is 21.2 Å². The molecule has 0 saturated heterocycles. The molecule has 0 saturated carbocycles. The van der Waals surface area contributed by atoms with Crippen molar-refractivity contribution in [3.63, 3.8) is 0 Å². The summed E-state index contributed by atoms with van der Waals surface area (Å²) in [5.41, 5.74) is 0.415. The van der Waals surface area contributed by atoms with E-state index in [9.17, 15) is 10.1 Å². The van der Waals surface area contributed by atoms with Crippen molar-refractivity contribution >= 4 is 34.8 Å². The highest BCUT2D eigenvalue weighted by atomic mass is 35.5. The summed E-state index contributed by atoms with van der Waals surface area (Å²) in [5.74, 6) is -0.0487. The molecule has 0 aliphatic carbocycles. The molecule has 0 atom stereocenters. The SMILES string of the molecule is CCO/C(=C(/O[N+](=O)[O-])n1ccnc1)c1ccc(Cl)cc1Cl. The summed E-state index contributed by atoms with van der Waals surface area (Å²) in [4.78, 5) is 19.3. The van der Waals surface area contributed by atoms with Gasteiger partial charge < -0.3 is 4.74 Å². The minimum absolute atomic E-state index is 0.110. The normalized spacial score (nSPS) is 11.8. The van der Waals surface area contributed by atoms with Gasteiger partial charge in [0.1, 0.15) is 6.33 Å². The standard InChI is InChI=1S/C13H11Cl2N3O4/c1-2-21-12(10-4-3-9(14)7-11(10)15)13(22-18(19)20)17-6-5-16-8-17/h3-8H,2H2,1H3/b13-12+. The Bertz CT molecular complexity index is 701. The predicted octanol–water partition coefficient (Wildman–Crippen LogP) is 3.72. The maximum Gasteiger partial charge on any atom is 0.301 e. The van der Waals surface area contributed by atoms with E-state index in [0.717, 1.165) is 0 Å². The first-order valence-electron chi connectivity index (χ1n) is 6.16. The average molecular weight is 344 g/mol. The summed E-state index contributed by atoms with van der Waals surface area (Å²) in [6.07, 6.45) is 4.29. The second-order valence-electron chi connectivity index (χ2n) is 3.98. The van der Waals surface area contributed by atoms with Crippen LogP contribution >= 0.6 is 23.2 Å². The minimum atomic E-state index is -0.932. The van der Waals surface area contributed by atoms with Gasteiger partial charge in [-0.1, -0.05) is 23.2 Å². The van der Waals surface area contributed by atoms with Gasteiger partial charge in [-0.05, 0) is 25.1 Å². The van der Waals surface area contributed by atoms with Crippen LogP contribution in [-0.2, 0) is 9.57 Å². The fourth-order valence-corrected chi connectivity index (χ4v) is 2.22. The average Bonchev–Trinajstić information content (AvgIpc) is 2.97. The van der Waals surface area contributed by atoms with Crippen LogP contribution in [0.4, 0.5) is 0 Å². The molecule has 2 rings (SSSR count). The van der Waals surface area contributed by atoms with Crippen LogP contribution in [0.15, 0.2) is 36.9 Å². The van der Waals surface area contributed by atoms with E-state index < -0.39 is 5.09 Å². The molecule has 0 N–H and O–H groups in total. The van der Waals surface area contributed by atoms with Crippen LogP contribution in [0.25, 0.3) is 11.6 Å². The van der Waals surface area contributed by atoms with Crippen LogP contribution in [0.1, 0.15) is 12.5 Å². The van der Waals surface area contributed by atoms with Gasteiger partial charge in [0.25, 0.3) is 0 Å². The van der Waals surface area contributed by atoms with Crippen LogP contribution in [0.3, 0.4) is 0 Å². The molecule has 0 amide bonds. The van der Waals surface area contributed by atoms with E-state index in [2.05, 4.69) is 9.82 Å². The lowest BCUT2D eigenvalue weighted by Crippen LogP contribution is -2.10. The van der Waals surface area contributed by atoms with Crippen LogP contribution in [0, 0.1) is 10.1 Å². The van der Waals surface area contributed by atoms with Crippen LogP contribution in [0.2, 0.25) is 10.0 Å². The molecule has 0 aliphatic heterocycles. The van der Waals surface area contributed by atoms with E-state index in [1.165, 1.54) is 29.4 Å². The Morgan fingerprint density at radius 2 is 2.23 bits per heavy atom. The number of hydrogen-bond acceptors (Lipinski definition) is 5. The summed E-state index contributed by atoms with van der Waals surface area (Å²) in [7, 11) is 0. The summed E-state index contributed by atoms with van der Waals surface area (Å²) in [5, 5.41) is 10.6. The number of halogens is 2. The third-order valence-corrected chi connectivity index (χ3v) is 3.11. The molecule has 1 aromatic heterocycles. The van der Waals surface area contributed by atoms with Crippen molar-refractivity contribution in [2.45, 2.75) is 6.92 Å². The fraction of sp³-hybridized carbons (Fsp3) is 0.154. The Balaban J connectivity index is 2.64. The number of benzene rings is 1. The molecule has 9 heteroatoms. The molecule has 116 valence electrons. The van der Waals surface area contributed by atoms with E-state index in [-0.39, 0.29) is 23.3 Å². The van der Waals surface area contributed by atoms with Gasteiger partial charge in [-0.25, -0.2) is 4.98 Å². The molecule has 0 aliphatic rings. The lowest BCUT2D eigenvalue weighted by Gasteiger charge is -2.15. The monoisotopic (exact) mass is 343 g/mol. The van der Waals surface area contributed by atoms with Crippen LogP contribution < -0.4 is 0 Å². The maximum absolute atomic E-state index is 10.8. The summed E-state index contributed by atoms with van der Waals surface area (Å²) < 4.78 is 6.83. The molecule has 7 nitrogen and oxygen atoms in total. The molecule has 2 aromatic rings. The minimum Gasteiger partial charge on any atom is -0.489 e. The van der Waals surface area contributed by atoms with Gasteiger partial charge in [0.05, 0.1) is 11.6 Å². The van der Waals surface area contributed by atoms with Crippen molar-refractivity contribution in [1.82, 2.24) is 9.55 Å². The third-order valence-electron chi connectivity index (χ3n) is 2.56. The molecule has 22 heavy (non-hydrogen) atoms. The molecule has 0 fully saturated rings. The van der Waals surface area contributed by atoms with Crippen molar-refractivity contribution in [3.8, 4) is 0 Å². The second kappa shape index (κ2) is 7.15. The largest absolute Gasteiger partial charge is 0.489 e. The highest BCUT2D eigenvalue weighted by Crippen LogP contribution is 2.31. The van der Waals surface area contributed by atoms with Crippen molar-refractivity contribution < 1.29 is 14.7 Å². The first-order chi connectivity index (χ1) is 10.5. The second-order valence-corrected chi connectivity index (χ2v) is 4.82. The predicted molar refractivity (Wildman–Crippen MR) is 81.5 cm³/mol. The quantitative estimate of drug-likeness (QED) is 0.453. The zero-order valence-electron chi connectivity index (χ0n) is 11.4. The summed E-state index contributed by atoms with van der Waals surface area (Å²) in [6, 6.07) is 4.70. The Morgan fingerprint density at radius 1 is 1.45 bits per heavy atom. The van der Waals surface area contributed by atoms with Gasteiger partial charge in [0.2, 0.25) is 5.88 Å². The maximum atomic E-state index is 10.8. The number of ether oxygens (including phenoxy) is 1. The zero-order chi connectivity index (χ0) is 16.1. The molecule has 0 unspecified atom stereocenters. The number of rotatable bonds is 6. The smallest absolute Gasteiger partial charge is 0.301 e. The number of nitrogens with zero attached hydrogens (tertiary/aromatic N) is 3. The van der Waals surface area contributed by atoms with E-state index in [4.69, 9.17) is 27.9 Å². The Kier molecular flexibility index (Phi) is 5.24. The van der Waals surface area contributed by atoms with Gasteiger partial charge in [0, 0.05) is 23.0 Å². The van der Waals surface area contributed by atoms with Crippen molar-refractivity contribution in [2.75, 3.05) is 6.61 Å². The molecule has 1 heterocycles. The highest BCUT2D eigenvalue weighted by molar-refractivity contribution is 6.35. The number of hydrogen-bond donors (Lipinski definition) is 0. The van der Waals surface area contributed by atoms with Gasteiger partial charge in [-0.15, -0.1) is 10.1 Å². The molecule has 1 aromatic carbocycles. The Hall–Kier alpha value is -2.25. The Labute approximate surface area is 135 Å². The van der Waals surface area contributed by atoms with Crippen molar-refractivity contribution in [1.29, 1.82) is 0 Å². The number of imidazole rings is 1. The lowest BCUT2D eigenvalue weighted by atomic mass is 10.2. The van der Waals surface area contributed by atoms with E-state index in [1.807, 2.05) is 0 Å². The molecule has 0 radical (unpaired) electrons. The van der Waals surface area contributed by atoms with Gasteiger partial charge in [0.15, 0.2) is 5.76 Å². The number of aromatic nitrogens is 2. The van der Waals surface area contributed by atoms with E-state index >= 15 is 0 Å². The highest BCUT2D eigenvalue weighted by Gasteiger charge is 2.19. The van der Waals surface area contributed by atoms with Gasteiger partial charge >= 0.3 is 5.09 Å². The molecular weight excluding hydrogens is 333 g/mol. The van der Waals surface area contributed by atoms with E-state index in [0.29, 0.717) is 10.6 Å². The topological polar surface area (TPSA) is 79.4 Å². The zero-order valence-corrected chi connectivity index (χ0v) is 12.9. The summed E-state index contributed by atoms with van der Waals surface area (Å²) >= 11 is 12.0. The van der Waals surface area contributed by atoms with Gasteiger partial charge in [-0.2, -0.15) is 0 Å². The van der Waals surface area contributed by atoms with E-state index in [1.54, 1.807) is 19.1 Å². The molecule has 0 spiro atoms. The summed E-state index contributed by atoms with van der Waals surface area (Å²) in [6.45, 7) is 2.00.